The standard InChI is InChI=1S/C21H30N2O4/c1-12-6-18(13(2)27-12)21(25)23-9-16-7-19(22-14(3)24)20(8-17(16)10-23)26-11-15-4-5-15/h6,15-17,19-20H,4-5,7-11H2,1-3H3,(H,22,24)/t16-,17+,19-,20-/m1/s1. The first-order chi connectivity index (χ1) is 12.9. The third kappa shape index (κ3) is 4.05. The molecule has 0 spiro atoms. The quantitative estimate of drug-likeness (QED) is 0.860. The Morgan fingerprint density at radius 3 is 2.52 bits per heavy atom. The molecule has 0 radical (unpaired) electrons. The van der Waals surface area contributed by atoms with Crippen LogP contribution in [0.5, 0.6) is 0 Å². The summed E-state index contributed by atoms with van der Waals surface area (Å²) in [6, 6.07) is 1.89. The molecule has 1 N–H and O–H groups in total. The molecule has 4 atom stereocenters. The minimum Gasteiger partial charge on any atom is -0.466 e. The zero-order chi connectivity index (χ0) is 19.1. The summed E-state index contributed by atoms with van der Waals surface area (Å²) < 4.78 is 11.7. The van der Waals surface area contributed by atoms with Gasteiger partial charge in [-0.25, -0.2) is 0 Å². The van der Waals surface area contributed by atoms with Crippen molar-refractivity contribution in [1.82, 2.24) is 10.2 Å². The van der Waals surface area contributed by atoms with Crippen molar-refractivity contribution in [1.29, 1.82) is 0 Å². The molecule has 6 nitrogen and oxygen atoms in total. The summed E-state index contributed by atoms with van der Waals surface area (Å²) in [5, 5.41) is 3.09. The van der Waals surface area contributed by atoms with Crippen molar-refractivity contribution in [2.24, 2.45) is 17.8 Å². The predicted octanol–water partition coefficient (Wildman–Crippen LogP) is 2.68. The van der Waals surface area contributed by atoms with Gasteiger partial charge in [0.1, 0.15) is 11.5 Å². The Morgan fingerprint density at radius 2 is 1.93 bits per heavy atom. The summed E-state index contributed by atoms with van der Waals surface area (Å²) in [6.45, 7) is 7.60. The molecule has 27 heavy (non-hydrogen) atoms. The molecular formula is C21H30N2O4. The van der Waals surface area contributed by atoms with E-state index in [0.29, 0.717) is 29.1 Å². The number of carbonyl (C=O) groups is 2. The number of likely N-dealkylation sites (tertiary alicyclic amines) is 1. The lowest BCUT2D eigenvalue weighted by Gasteiger charge is -2.38. The van der Waals surface area contributed by atoms with E-state index >= 15 is 0 Å². The van der Waals surface area contributed by atoms with Crippen LogP contribution in [0.2, 0.25) is 0 Å². The number of fused-ring (bicyclic) bond motifs is 1. The molecule has 2 amide bonds. The first kappa shape index (κ1) is 18.5. The maximum absolute atomic E-state index is 13.0. The van der Waals surface area contributed by atoms with Crippen LogP contribution in [0.25, 0.3) is 0 Å². The zero-order valence-electron chi connectivity index (χ0n) is 16.5. The van der Waals surface area contributed by atoms with Crippen molar-refractivity contribution in [2.75, 3.05) is 19.7 Å². The number of aryl methyl sites for hydroxylation is 2. The lowest BCUT2D eigenvalue weighted by molar-refractivity contribution is -0.122. The Morgan fingerprint density at radius 1 is 1.22 bits per heavy atom. The molecule has 4 rings (SSSR count). The van der Waals surface area contributed by atoms with Gasteiger partial charge in [0.05, 0.1) is 17.7 Å². The second-order valence-electron chi connectivity index (χ2n) is 8.65. The van der Waals surface area contributed by atoms with E-state index < -0.39 is 0 Å². The SMILES string of the molecule is CC(=O)N[C@@H]1C[C@@H]2CN(C(=O)c3cc(C)oc3C)C[C@@H]2C[C@H]1OCC1CC1. The Bertz CT molecular complexity index is 724. The van der Waals surface area contributed by atoms with Crippen molar-refractivity contribution in [3.05, 3.63) is 23.2 Å². The fourth-order valence-electron chi connectivity index (χ4n) is 4.73. The largest absolute Gasteiger partial charge is 0.466 e. The number of rotatable bonds is 5. The maximum atomic E-state index is 13.0. The summed E-state index contributed by atoms with van der Waals surface area (Å²) in [5.41, 5.74) is 0.672. The van der Waals surface area contributed by atoms with E-state index in [1.54, 1.807) is 6.92 Å². The number of furan rings is 1. The molecule has 1 aromatic heterocycles. The van der Waals surface area contributed by atoms with E-state index in [4.69, 9.17) is 9.15 Å². The summed E-state index contributed by atoms with van der Waals surface area (Å²) >= 11 is 0. The number of amides is 2. The van der Waals surface area contributed by atoms with E-state index in [1.807, 2.05) is 24.8 Å². The lowest BCUT2D eigenvalue weighted by Crippen LogP contribution is -2.50. The van der Waals surface area contributed by atoms with E-state index in [2.05, 4.69) is 5.32 Å². The average molecular weight is 374 g/mol. The van der Waals surface area contributed by atoms with Gasteiger partial charge in [-0.1, -0.05) is 0 Å². The van der Waals surface area contributed by atoms with Crippen LogP contribution in [-0.4, -0.2) is 48.6 Å². The Kier molecular flexibility index (Phi) is 5.01. The Hall–Kier alpha value is -1.82. The van der Waals surface area contributed by atoms with Crippen LogP contribution in [-0.2, 0) is 9.53 Å². The molecule has 0 bridgehead atoms. The lowest BCUT2D eigenvalue weighted by atomic mass is 9.77. The third-order valence-electron chi connectivity index (χ3n) is 6.31. The normalized spacial score (nSPS) is 30.3. The van der Waals surface area contributed by atoms with Crippen molar-refractivity contribution >= 4 is 11.8 Å². The van der Waals surface area contributed by atoms with Crippen LogP contribution in [0.3, 0.4) is 0 Å². The van der Waals surface area contributed by atoms with Gasteiger partial charge in [-0.05, 0) is 63.4 Å². The predicted molar refractivity (Wildman–Crippen MR) is 100 cm³/mol. The highest BCUT2D eigenvalue weighted by molar-refractivity contribution is 5.95. The Labute approximate surface area is 160 Å². The van der Waals surface area contributed by atoms with Crippen LogP contribution in [0.1, 0.15) is 54.5 Å². The number of hydrogen-bond donors (Lipinski definition) is 1. The zero-order valence-corrected chi connectivity index (χ0v) is 16.5. The van der Waals surface area contributed by atoms with Crippen molar-refractivity contribution in [3.63, 3.8) is 0 Å². The molecule has 3 aliphatic rings. The van der Waals surface area contributed by atoms with Gasteiger partial charge in [-0.3, -0.25) is 9.59 Å². The molecule has 2 aliphatic carbocycles. The van der Waals surface area contributed by atoms with Crippen LogP contribution in [0.15, 0.2) is 10.5 Å². The molecule has 1 aromatic rings. The summed E-state index contributed by atoms with van der Waals surface area (Å²) in [7, 11) is 0. The fraction of sp³-hybridized carbons (Fsp3) is 0.714. The van der Waals surface area contributed by atoms with E-state index in [0.717, 1.165) is 38.3 Å². The molecule has 2 saturated carbocycles. The number of nitrogens with zero attached hydrogens (tertiary/aromatic N) is 1. The molecule has 0 aromatic carbocycles. The maximum Gasteiger partial charge on any atom is 0.257 e. The second kappa shape index (κ2) is 7.30. The Balaban J connectivity index is 1.43. The molecule has 3 fully saturated rings. The average Bonchev–Trinajstić information content (AvgIpc) is 3.24. The van der Waals surface area contributed by atoms with Crippen molar-refractivity contribution in [3.8, 4) is 0 Å². The molecule has 1 saturated heterocycles. The van der Waals surface area contributed by atoms with Crippen molar-refractivity contribution in [2.45, 2.75) is 58.6 Å². The summed E-state index contributed by atoms with van der Waals surface area (Å²) in [4.78, 5) is 26.6. The highest BCUT2D eigenvalue weighted by atomic mass is 16.5. The van der Waals surface area contributed by atoms with E-state index in [-0.39, 0.29) is 24.0 Å². The number of carbonyl (C=O) groups excluding carboxylic acids is 2. The van der Waals surface area contributed by atoms with Gasteiger partial charge >= 0.3 is 0 Å². The van der Waals surface area contributed by atoms with E-state index in [1.165, 1.54) is 12.8 Å². The highest BCUT2D eigenvalue weighted by Crippen LogP contribution is 2.39. The van der Waals surface area contributed by atoms with Gasteiger partial charge in [0.2, 0.25) is 5.91 Å². The van der Waals surface area contributed by atoms with E-state index in [9.17, 15) is 9.59 Å². The van der Waals surface area contributed by atoms with Crippen LogP contribution in [0.4, 0.5) is 0 Å². The minimum absolute atomic E-state index is 0.00565. The number of ether oxygens (including phenoxy) is 1. The van der Waals surface area contributed by atoms with Gasteiger partial charge in [-0.2, -0.15) is 0 Å². The van der Waals surface area contributed by atoms with Crippen LogP contribution >= 0.6 is 0 Å². The van der Waals surface area contributed by atoms with Gasteiger partial charge < -0.3 is 19.4 Å². The molecule has 148 valence electrons. The molecule has 2 heterocycles. The smallest absolute Gasteiger partial charge is 0.257 e. The summed E-state index contributed by atoms with van der Waals surface area (Å²) in [6.07, 6.45) is 4.37. The van der Waals surface area contributed by atoms with Crippen molar-refractivity contribution < 1.29 is 18.7 Å². The van der Waals surface area contributed by atoms with Gasteiger partial charge in [0.25, 0.3) is 5.91 Å². The first-order valence-electron chi connectivity index (χ1n) is 10.2. The van der Waals surface area contributed by atoms with Crippen LogP contribution in [0, 0.1) is 31.6 Å². The van der Waals surface area contributed by atoms with Gasteiger partial charge in [0.15, 0.2) is 0 Å². The molecule has 1 aliphatic heterocycles. The molecule has 0 unspecified atom stereocenters. The number of nitrogens with one attached hydrogen (secondary N) is 1. The minimum atomic E-state index is -0.00565. The third-order valence-corrected chi connectivity index (χ3v) is 6.31. The monoisotopic (exact) mass is 374 g/mol. The molecular weight excluding hydrogens is 344 g/mol. The second-order valence-corrected chi connectivity index (χ2v) is 8.65. The molecule has 6 heteroatoms. The topological polar surface area (TPSA) is 71.8 Å². The summed E-state index contributed by atoms with van der Waals surface area (Å²) in [5.74, 6) is 3.08. The number of hydrogen-bond acceptors (Lipinski definition) is 4. The van der Waals surface area contributed by atoms with Gasteiger partial charge in [0, 0.05) is 26.6 Å². The van der Waals surface area contributed by atoms with Crippen LogP contribution < -0.4 is 5.32 Å². The fourth-order valence-corrected chi connectivity index (χ4v) is 4.73. The first-order valence-corrected chi connectivity index (χ1v) is 10.2. The highest BCUT2D eigenvalue weighted by Gasteiger charge is 2.45. The van der Waals surface area contributed by atoms with Gasteiger partial charge in [-0.15, -0.1) is 0 Å².